The van der Waals surface area contributed by atoms with Gasteiger partial charge in [-0.2, -0.15) is 0 Å². The summed E-state index contributed by atoms with van der Waals surface area (Å²) in [7, 11) is 0. The van der Waals surface area contributed by atoms with Crippen LogP contribution in [0.25, 0.3) is 0 Å². The molecule has 1 unspecified atom stereocenters. The molecule has 0 aromatic carbocycles. The fraction of sp³-hybridized carbons (Fsp3) is 0.667. The number of carboxylic acids is 1. The van der Waals surface area contributed by atoms with Crippen molar-refractivity contribution in [3.8, 4) is 0 Å². The number of carbonyl (C=O) groups is 1. The van der Waals surface area contributed by atoms with Gasteiger partial charge in [-0.15, -0.1) is 0 Å². The Hall–Kier alpha value is 1.98. The molecule has 0 amide bonds. The molecule has 0 aliphatic rings. The molecule has 1 N–H and O–H groups in total. The monoisotopic (exact) mass is 187 g/mol. The number of aliphatic hydroxyl groups is 1. The Morgan fingerprint density at radius 1 is 1.67 bits per heavy atom. The van der Waals surface area contributed by atoms with Crippen molar-refractivity contribution in [2.45, 2.75) is 13.0 Å². The second-order valence-corrected chi connectivity index (χ2v) is 0.995. The minimum Gasteiger partial charge on any atom is -1.00 e. The van der Waals surface area contributed by atoms with Crippen LogP contribution in [0.5, 0.6) is 0 Å². The predicted octanol–water partition coefficient (Wildman–Crippen LogP) is -8.26. The molecule has 0 aromatic heterocycles. The molecule has 0 aromatic rings. The van der Waals surface area contributed by atoms with Gasteiger partial charge in [0, 0.05) is 0 Å². The molecule has 44 valence electrons. The summed E-state index contributed by atoms with van der Waals surface area (Å²) in [6.07, 6.45) is -1.34. The van der Waals surface area contributed by atoms with E-state index in [0.29, 0.717) is 0 Å². The fourth-order valence-electron chi connectivity index (χ4n) is 0. The van der Waals surface area contributed by atoms with E-state index in [9.17, 15) is 9.90 Å². The minimum atomic E-state index is -1.44. The molecule has 0 saturated heterocycles. The van der Waals surface area contributed by atoms with E-state index in [0.717, 1.165) is 6.92 Å². The normalized spacial score (nSPS) is 9.11. The SMILES string of the molecule is CC(O)C(=O)[O-].[Ca+2].[Cl-].[Na+]. The maximum atomic E-state index is 9.34. The summed E-state index contributed by atoms with van der Waals surface area (Å²) in [4.78, 5) is 9.34. The largest absolute Gasteiger partial charge is 2.00 e. The predicted molar refractivity (Wildman–Crippen MR) is 22.4 cm³/mol. The van der Waals surface area contributed by atoms with E-state index >= 15 is 0 Å². The number of halogens is 1. The van der Waals surface area contributed by atoms with Gasteiger partial charge in [0.25, 0.3) is 0 Å². The van der Waals surface area contributed by atoms with E-state index in [2.05, 4.69) is 0 Å². The van der Waals surface area contributed by atoms with Gasteiger partial charge < -0.3 is 27.4 Å². The van der Waals surface area contributed by atoms with Gasteiger partial charge in [-0.1, -0.05) is 0 Å². The van der Waals surface area contributed by atoms with E-state index < -0.39 is 12.1 Å². The van der Waals surface area contributed by atoms with Crippen LogP contribution in [0, 0.1) is 0 Å². The minimum absolute atomic E-state index is 0. The summed E-state index contributed by atoms with van der Waals surface area (Å²) >= 11 is 0. The molecule has 0 aliphatic heterocycles. The number of aliphatic carboxylic acids is 1. The molecular formula is C3H5CaClNaO3+. The number of hydrogen-bond acceptors (Lipinski definition) is 3. The molecule has 0 aliphatic carbocycles. The van der Waals surface area contributed by atoms with Crippen molar-refractivity contribution >= 4 is 43.7 Å². The van der Waals surface area contributed by atoms with Crippen molar-refractivity contribution in [1.82, 2.24) is 0 Å². The first-order chi connectivity index (χ1) is 2.64. The molecule has 3 nitrogen and oxygen atoms in total. The van der Waals surface area contributed by atoms with Crippen molar-refractivity contribution in [3.63, 3.8) is 0 Å². The molecule has 0 heterocycles. The zero-order chi connectivity index (χ0) is 5.15. The third-order valence-corrected chi connectivity index (χ3v) is 0.341. The summed E-state index contributed by atoms with van der Waals surface area (Å²) in [5.74, 6) is -1.44. The third kappa shape index (κ3) is 17.8. The molecule has 1 atom stereocenters. The van der Waals surface area contributed by atoms with E-state index in [1.807, 2.05) is 0 Å². The second kappa shape index (κ2) is 12.6. The Labute approximate surface area is 112 Å². The van der Waals surface area contributed by atoms with Crippen molar-refractivity contribution in [2.24, 2.45) is 0 Å². The molecule has 9 heavy (non-hydrogen) atoms. The van der Waals surface area contributed by atoms with Crippen molar-refractivity contribution in [1.29, 1.82) is 0 Å². The molecule has 0 bridgehead atoms. The second-order valence-electron chi connectivity index (χ2n) is 0.995. The quantitative estimate of drug-likeness (QED) is 0.415. The summed E-state index contributed by atoms with van der Waals surface area (Å²) in [6.45, 7) is 1.13. The molecule has 0 fully saturated rings. The maximum Gasteiger partial charge on any atom is 2.00 e. The van der Waals surface area contributed by atoms with E-state index in [-0.39, 0.29) is 79.7 Å². The number of carbonyl (C=O) groups excluding carboxylic acids is 1. The van der Waals surface area contributed by atoms with Crippen molar-refractivity contribution in [3.05, 3.63) is 0 Å². The summed E-state index contributed by atoms with van der Waals surface area (Å²) < 4.78 is 0. The van der Waals surface area contributed by atoms with Crippen LogP contribution in [0.2, 0.25) is 0 Å². The first-order valence-electron chi connectivity index (χ1n) is 1.53. The van der Waals surface area contributed by atoms with Crippen molar-refractivity contribution < 1.29 is 57.0 Å². The maximum absolute atomic E-state index is 9.34. The van der Waals surface area contributed by atoms with Crippen LogP contribution >= 0.6 is 0 Å². The van der Waals surface area contributed by atoms with Crippen LogP contribution in [0.3, 0.4) is 0 Å². The average Bonchev–Trinajstić information content (AvgIpc) is 1.36. The van der Waals surface area contributed by atoms with Gasteiger partial charge in [0.05, 0.1) is 12.1 Å². The summed E-state index contributed by atoms with van der Waals surface area (Å²) in [5, 5.41) is 17.3. The van der Waals surface area contributed by atoms with Gasteiger partial charge >= 0.3 is 67.3 Å². The Bertz CT molecular complexity index is 70.1. The molecule has 0 radical (unpaired) electrons. The molecule has 0 saturated carbocycles. The van der Waals surface area contributed by atoms with Crippen molar-refractivity contribution in [2.75, 3.05) is 0 Å². The number of carboxylic acid groups (broad SMARTS) is 1. The van der Waals surface area contributed by atoms with Crippen LogP contribution in [0.15, 0.2) is 0 Å². The van der Waals surface area contributed by atoms with Crippen LogP contribution in [0.1, 0.15) is 6.92 Å². The van der Waals surface area contributed by atoms with E-state index in [1.165, 1.54) is 0 Å². The van der Waals surface area contributed by atoms with Gasteiger partial charge in [-0.05, 0) is 6.92 Å². The van der Waals surface area contributed by atoms with Crippen LogP contribution < -0.4 is 47.1 Å². The Morgan fingerprint density at radius 2 is 1.78 bits per heavy atom. The standard InChI is InChI=1S/C3H6O3.Ca.ClH.Na/c1-2(4)3(5)6;;;/h2,4H,1H3,(H,5,6);;1H;/q;+2;;+1/p-2. The first kappa shape index (κ1) is 22.4. The van der Waals surface area contributed by atoms with Crippen LogP contribution in [0.4, 0.5) is 0 Å². The number of aliphatic hydroxyl groups excluding tert-OH is 1. The molecule has 0 rings (SSSR count). The molecular weight excluding hydrogens is 183 g/mol. The third-order valence-electron chi connectivity index (χ3n) is 0.341. The van der Waals surface area contributed by atoms with Crippen LogP contribution in [-0.4, -0.2) is 54.9 Å². The number of rotatable bonds is 1. The smallest absolute Gasteiger partial charge is 1.00 e. The van der Waals surface area contributed by atoms with Gasteiger partial charge in [0.2, 0.25) is 0 Å². The molecule has 6 heteroatoms. The topological polar surface area (TPSA) is 60.4 Å². The fourth-order valence-corrected chi connectivity index (χ4v) is 0. The van der Waals surface area contributed by atoms with E-state index in [4.69, 9.17) is 5.11 Å². The van der Waals surface area contributed by atoms with Gasteiger partial charge in [0.1, 0.15) is 0 Å². The molecule has 0 spiro atoms. The van der Waals surface area contributed by atoms with Gasteiger partial charge in [-0.3, -0.25) is 0 Å². The average molecular weight is 188 g/mol. The Kier molecular flexibility index (Phi) is 31.5. The summed E-state index contributed by atoms with van der Waals surface area (Å²) in [6, 6.07) is 0. The zero-order valence-electron chi connectivity index (χ0n) is 5.43. The number of hydrogen-bond donors (Lipinski definition) is 1. The van der Waals surface area contributed by atoms with Gasteiger partial charge in [0.15, 0.2) is 0 Å². The van der Waals surface area contributed by atoms with Gasteiger partial charge in [-0.25, -0.2) is 0 Å². The Morgan fingerprint density at radius 3 is 1.78 bits per heavy atom. The van der Waals surface area contributed by atoms with E-state index in [1.54, 1.807) is 0 Å². The zero-order valence-corrected chi connectivity index (χ0v) is 10.4. The Balaban J connectivity index is -0.0000000417. The van der Waals surface area contributed by atoms with Crippen LogP contribution in [-0.2, 0) is 4.79 Å². The first-order valence-corrected chi connectivity index (χ1v) is 1.53. The summed E-state index contributed by atoms with van der Waals surface area (Å²) in [5.41, 5.74) is 0.